The van der Waals surface area contributed by atoms with Gasteiger partial charge in [0.05, 0.1) is 16.8 Å². The van der Waals surface area contributed by atoms with Crippen molar-refractivity contribution >= 4 is 28.3 Å². The summed E-state index contributed by atoms with van der Waals surface area (Å²) in [6, 6.07) is 19.2. The largest absolute Gasteiger partial charge is 0.348 e. The maximum Gasteiger partial charge on any atom is 0.253 e. The number of halogens is 1. The Morgan fingerprint density at radius 3 is 2.54 bits per heavy atom. The molecule has 0 atom stereocenters. The van der Waals surface area contributed by atoms with Gasteiger partial charge in [0.2, 0.25) is 0 Å². The van der Waals surface area contributed by atoms with Crippen LogP contribution in [-0.4, -0.2) is 15.9 Å². The molecular formula is C22H17FN4O. The van der Waals surface area contributed by atoms with Crippen LogP contribution in [0.3, 0.4) is 0 Å². The molecule has 0 fully saturated rings. The molecular weight excluding hydrogens is 355 g/mol. The second-order valence-electron chi connectivity index (χ2n) is 6.25. The SMILES string of the molecule is O=C(NCc1ccc(F)cc1)c1ccc(Nc2cccc3cccnc23)nc1. The molecule has 0 aliphatic carbocycles. The maximum atomic E-state index is 12.9. The number of amides is 1. The monoisotopic (exact) mass is 372 g/mol. The van der Waals surface area contributed by atoms with Crippen LogP contribution in [0, 0.1) is 5.82 Å². The Hall–Kier alpha value is -3.80. The molecule has 2 heterocycles. The van der Waals surface area contributed by atoms with Gasteiger partial charge in [0.25, 0.3) is 5.91 Å². The standard InChI is InChI=1S/C22H17FN4O/c23-18-9-6-15(7-10-18)13-26-22(28)17-8-11-20(25-14-17)27-19-5-1-3-16-4-2-12-24-21(16)19/h1-12,14H,13H2,(H,25,27)(H,26,28). The maximum absolute atomic E-state index is 12.9. The molecule has 0 radical (unpaired) electrons. The van der Waals surface area contributed by atoms with Gasteiger partial charge in [-0.3, -0.25) is 9.78 Å². The van der Waals surface area contributed by atoms with E-state index >= 15 is 0 Å². The van der Waals surface area contributed by atoms with Crippen molar-refractivity contribution in [2.75, 3.05) is 5.32 Å². The van der Waals surface area contributed by atoms with Gasteiger partial charge in [-0.05, 0) is 42.0 Å². The summed E-state index contributed by atoms with van der Waals surface area (Å²) in [5.41, 5.74) is 2.97. The predicted molar refractivity (Wildman–Crippen MR) is 107 cm³/mol. The van der Waals surface area contributed by atoms with E-state index in [9.17, 15) is 9.18 Å². The molecule has 4 rings (SSSR count). The highest BCUT2D eigenvalue weighted by Crippen LogP contribution is 2.23. The van der Waals surface area contributed by atoms with Gasteiger partial charge in [-0.25, -0.2) is 9.37 Å². The molecule has 0 unspecified atom stereocenters. The molecule has 2 aromatic carbocycles. The molecule has 0 saturated heterocycles. The minimum Gasteiger partial charge on any atom is -0.348 e. The van der Waals surface area contributed by atoms with Gasteiger partial charge in [-0.15, -0.1) is 0 Å². The number of aromatic nitrogens is 2. The van der Waals surface area contributed by atoms with Crippen LogP contribution in [0.1, 0.15) is 15.9 Å². The Bertz CT molecular complexity index is 1110. The zero-order valence-corrected chi connectivity index (χ0v) is 14.9. The van der Waals surface area contributed by atoms with Crippen LogP contribution in [0.4, 0.5) is 15.9 Å². The zero-order valence-electron chi connectivity index (χ0n) is 14.9. The number of benzene rings is 2. The fourth-order valence-electron chi connectivity index (χ4n) is 2.83. The molecule has 2 aromatic heterocycles. The Balaban J connectivity index is 1.43. The molecule has 28 heavy (non-hydrogen) atoms. The first-order chi connectivity index (χ1) is 13.7. The number of rotatable bonds is 5. The molecule has 0 spiro atoms. The molecule has 6 heteroatoms. The van der Waals surface area contributed by atoms with Gasteiger partial charge < -0.3 is 10.6 Å². The molecule has 1 amide bonds. The highest BCUT2D eigenvalue weighted by Gasteiger charge is 2.07. The summed E-state index contributed by atoms with van der Waals surface area (Å²) in [6.07, 6.45) is 3.26. The molecule has 4 aromatic rings. The molecule has 5 nitrogen and oxygen atoms in total. The van der Waals surface area contributed by atoms with Crippen LogP contribution in [0.25, 0.3) is 10.9 Å². The number of para-hydroxylation sites is 1. The van der Waals surface area contributed by atoms with E-state index in [1.807, 2.05) is 30.3 Å². The minimum absolute atomic E-state index is 0.241. The van der Waals surface area contributed by atoms with E-state index in [2.05, 4.69) is 20.6 Å². The van der Waals surface area contributed by atoms with Crippen molar-refractivity contribution in [2.45, 2.75) is 6.54 Å². The van der Waals surface area contributed by atoms with Crippen molar-refractivity contribution in [3.63, 3.8) is 0 Å². The van der Waals surface area contributed by atoms with E-state index in [0.717, 1.165) is 22.2 Å². The molecule has 2 N–H and O–H groups in total. The summed E-state index contributed by atoms with van der Waals surface area (Å²) in [5, 5.41) is 7.06. The molecule has 0 bridgehead atoms. The lowest BCUT2D eigenvalue weighted by Gasteiger charge is -2.09. The summed E-state index contributed by atoms with van der Waals surface area (Å²) in [5.74, 6) is 0.0761. The lowest BCUT2D eigenvalue weighted by molar-refractivity contribution is 0.0950. The van der Waals surface area contributed by atoms with Crippen LogP contribution in [0.5, 0.6) is 0 Å². The van der Waals surface area contributed by atoms with E-state index in [-0.39, 0.29) is 11.7 Å². The van der Waals surface area contributed by atoms with Gasteiger partial charge in [0.15, 0.2) is 0 Å². The first kappa shape index (κ1) is 17.6. The quantitative estimate of drug-likeness (QED) is 0.543. The third kappa shape index (κ3) is 3.96. The number of pyridine rings is 2. The Labute approximate surface area is 161 Å². The van der Waals surface area contributed by atoms with Crippen molar-refractivity contribution in [3.05, 3.63) is 96.1 Å². The summed E-state index contributed by atoms with van der Waals surface area (Å²) < 4.78 is 12.9. The van der Waals surface area contributed by atoms with E-state index in [4.69, 9.17) is 0 Å². The third-order valence-electron chi connectivity index (χ3n) is 4.29. The van der Waals surface area contributed by atoms with E-state index < -0.39 is 0 Å². The van der Waals surface area contributed by atoms with Crippen molar-refractivity contribution in [1.29, 1.82) is 0 Å². The second-order valence-corrected chi connectivity index (χ2v) is 6.25. The van der Waals surface area contributed by atoms with Crippen LogP contribution in [0.15, 0.2) is 79.1 Å². The topological polar surface area (TPSA) is 66.9 Å². The second kappa shape index (κ2) is 7.84. The zero-order chi connectivity index (χ0) is 19.3. The summed E-state index contributed by atoms with van der Waals surface area (Å²) in [7, 11) is 0. The Morgan fingerprint density at radius 2 is 1.75 bits per heavy atom. The normalized spacial score (nSPS) is 10.6. The predicted octanol–water partition coefficient (Wildman–Crippen LogP) is 4.44. The number of fused-ring (bicyclic) bond motifs is 1. The van der Waals surface area contributed by atoms with Crippen molar-refractivity contribution in [1.82, 2.24) is 15.3 Å². The first-order valence-electron chi connectivity index (χ1n) is 8.78. The highest BCUT2D eigenvalue weighted by atomic mass is 19.1. The Kier molecular flexibility index (Phi) is 4.93. The minimum atomic E-state index is -0.302. The smallest absolute Gasteiger partial charge is 0.253 e. The number of anilines is 2. The van der Waals surface area contributed by atoms with Crippen LogP contribution in [-0.2, 0) is 6.54 Å². The number of nitrogens with zero attached hydrogens (tertiary/aromatic N) is 2. The number of carbonyl (C=O) groups excluding carboxylic acids is 1. The van der Waals surface area contributed by atoms with Crippen LogP contribution in [0.2, 0.25) is 0 Å². The molecule has 0 aliphatic heterocycles. The lowest BCUT2D eigenvalue weighted by Crippen LogP contribution is -2.22. The average molecular weight is 372 g/mol. The molecule has 0 saturated carbocycles. The number of hydrogen-bond donors (Lipinski definition) is 2. The summed E-state index contributed by atoms with van der Waals surface area (Å²) >= 11 is 0. The fourth-order valence-corrected chi connectivity index (χ4v) is 2.83. The van der Waals surface area contributed by atoms with Gasteiger partial charge in [0, 0.05) is 24.3 Å². The fraction of sp³-hybridized carbons (Fsp3) is 0.0455. The summed E-state index contributed by atoms with van der Waals surface area (Å²) in [6.45, 7) is 0.320. The average Bonchev–Trinajstić information content (AvgIpc) is 2.74. The van der Waals surface area contributed by atoms with E-state index in [1.165, 1.54) is 18.3 Å². The van der Waals surface area contributed by atoms with Gasteiger partial charge in [-0.2, -0.15) is 0 Å². The third-order valence-corrected chi connectivity index (χ3v) is 4.29. The first-order valence-corrected chi connectivity index (χ1v) is 8.78. The molecule has 138 valence electrons. The summed E-state index contributed by atoms with van der Waals surface area (Å²) in [4.78, 5) is 21.0. The van der Waals surface area contributed by atoms with Crippen LogP contribution < -0.4 is 10.6 Å². The molecule has 0 aliphatic rings. The number of nitrogens with one attached hydrogen (secondary N) is 2. The number of carbonyl (C=O) groups is 1. The van der Waals surface area contributed by atoms with Gasteiger partial charge >= 0.3 is 0 Å². The Morgan fingerprint density at radius 1 is 0.929 bits per heavy atom. The highest BCUT2D eigenvalue weighted by molar-refractivity contribution is 5.94. The van der Waals surface area contributed by atoms with Crippen LogP contribution >= 0.6 is 0 Å². The van der Waals surface area contributed by atoms with E-state index in [0.29, 0.717) is 17.9 Å². The van der Waals surface area contributed by atoms with E-state index in [1.54, 1.807) is 30.5 Å². The van der Waals surface area contributed by atoms with Gasteiger partial charge in [-0.1, -0.05) is 30.3 Å². The van der Waals surface area contributed by atoms with Crippen molar-refractivity contribution < 1.29 is 9.18 Å². The van der Waals surface area contributed by atoms with Gasteiger partial charge in [0.1, 0.15) is 11.6 Å². The van der Waals surface area contributed by atoms with Crippen molar-refractivity contribution in [3.8, 4) is 0 Å². The number of hydrogen-bond acceptors (Lipinski definition) is 4. The van der Waals surface area contributed by atoms with Crippen molar-refractivity contribution in [2.24, 2.45) is 0 Å². The lowest BCUT2D eigenvalue weighted by atomic mass is 10.2.